The normalized spacial score (nSPS) is 23.3. The maximum absolute atomic E-state index is 11.8. The van der Waals surface area contributed by atoms with E-state index in [1.807, 2.05) is 0 Å². The fraction of sp³-hybridized carbons (Fsp3) is 0.417. The van der Waals surface area contributed by atoms with Crippen molar-refractivity contribution in [1.82, 2.24) is 10.3 Å². The zero-order valence-corrected chi connectivity index (χ0v) is 9.30. The lowest BCUT2D eigenvalue weighted by Crippen LogP contribution is -2.33. The summed E-state index contributed by atoms with van der Waals surface area (Å²) in [7, 11) is 0. The number of rotatable bonds is 3. The first-order valence-electron chi connectivity index (χ1n) is 5.61. The fourth-order valence-corrected chi connectivity index (χ4v) is 2.09. The number of carboxylic acids is 1. The van der Waals surface area contributed by atoms with Gasteiger partial charge in [0.1, 0.15) is 5.69 Å². The maximum atomic E-state index is 11.8. The molecule has 0 aromatic carbocycles. The Morgan fingerprint density at radius 2 is 2.18 bits per heavy atom. The van der Waals surface area contributed by atoms with Gasteiger partial charge in [-0.25, -0.2) is 0 Å². The second-order valence-electron chi connectivity index (χ2n) is 4.23. The van der Waals surface area contributed by atoms with Gasteiger partial charge >= 0.3 is 5.97 Å². The molecule has 1 aliphatic rings. The van der Waals surface area contributed by atoms with Gasteiger partial charge in [-0.2, -0.15) is 0 Å². The van der Waals surface area contributed by atoms with Gasteiger partial charge in [0.2, 0.25) is 0 Å². The molecule has 0 aliphatic heterocycles. The van der Waals surface area contributed by atoms with E-state index in [9.17, 15) is 9.59 Å². The average molecular weight is 234 g/mol. The number of hydrogen-bond donors (Lipinski definition) is 2. The molecule has 1 aliphatic carbocycles. The highest BCUT2D eigenvalue weighted by Crippen LogP contribution is 2.25. The summed E-state index contributed by atoms with van der Waals surface area (Å²) in [4.78, 5) is 26.5. The predicted molar refractivity (Wildman–Crippen MR) is 60.5 cm³/mol. The largest absolute Gasteiger partial charge is 0.481 e. The van der Waals surface area contributed by atoms with Crippen LogP contribution >= 0.6 is 0 Å². The van der Waals surface area contributed by atoms with Crippen molar-refractivity contribution in [2.45, 2.75) is 25.3 Å². The molecular formula is C12H14N2O3. The van der Waals surface area contributed by atoms with Crippen LogP contribution in [0.3, 0.4) is 0 Å². The number of amides is 1. The van der Waals surface area contributed by atoms with Crippen LogP contribution < -0.4 is 5.32 Å². The van der Waals surface area contributed by atoms with E-state index < -0.39 is 5.97 Å². The number of nitrogens with one attached hydrogen (secondary N) is 1. The molecule has 0 unspecified atom stereocenters. The van der Waals surface area contributed by atoms with E-state index in [4.69, 9.17) is 5.11 Å². The average Bonchev–Trinajstić information content (AvgIpc) is 2.79. The van der Waals surface area contributed by atoms with Crippen molar-refractivity contribution in [3.63, 3.8) is 0 Å². The number of carbonyl (C=O) groups is 2. The maximum Gasteiger partial charge on any atom is 0.306 e. The van der Waals surface area contributed by atoms with E-state index in [1.54, 1.807) is 24.4 Å². The summed E-state index contributed by atoms with van der Waals surface area (Å²) in [6.07, 6.45) is 3.41. The minimum atomic E-state index is -0.778. The van der Waals surface area contributed by atoms with Crippen LogP contribution in [0.5, 0.6) is 0 Å². The fourth-order valence-electron chi connectivity index (χ4n) is 2.09. The third-order valence-electron chi connectivity index (χ3n) is 3.01. The van der Waals surface area contributed by atoms with E-state index in [-0.39, 0.29) is 17.9 Å². The van der Waals surface area contributed by atoms with Crippen molar-refractivity contribution < 1.29 is 14.7 Å². The first-order valence-corrected chi connectivity index (χ1v) is 5.61. The Kier molecular flexibility index (Phi) is 3.37. The third-order valence-corrected chi connectivity index (χ3v) is 3.01. The molecular weight excluding hydrogens is 220 g/mol. The lowest BCUT2D eigenvalue weighted by atomic mass is 10.1. The Morgan fingerprint density at radius 1 is 1.35 bits per heavy atom. The molecule has 0 spiro atoms. The smallest absolute Gasteiger partial charge is 0.306 e. The Morgan fingerprint density at radius 3 is 2.76 bits per heavy atom. The number of hydrogen-bond acceptors (Lipinski definition) is 3. The van der Waals surface area contributed by atoms with Crippen molar-refractivity contribution in [1.29, 1.82) is 0 Å². The van der Waals surface area contributed by atoms with Crippen LogP contribution in [-0.2, 0) is 4.79 Å². The van der Waals surface area contributed by atoms with Gasteiger partial charge in [-0.05, 0) is 31.4 Å². The van der Waals surface area contributed by atoms with Crippen molar-refractivity contribution in [2.75, 3.05) is 0 Å². The first kappa shape index (κ1) is 11.6. The molecule has 0 saturated heterocycles. The molecule has 5 nitrogen and oxygen atoms in total. The van der Waals surface area contributed by atoms with E-state index in [0.29, 0.717) is 18.5 Å². The summed E-state index contributed by atoms with van der Waals surface area (Å²) in [5.74, 6) is -1.34. The second-order valence-corrected chi connectivity index (χ2v) is 4.23. The SMILES string of the molecule is O=C(N[C@H]1CC[C@@H](C(=O)O)C1)c1ccccn1. The molecule has 1 heterocycles. The highest BCUT2D eigenvalue weighted by molar-refractivity contribution is 5.92. The lowest BCUT2D eigenvalue weighted by Gasteiger charge is -2.11. The van der Waals surface area contributed by atoms with Crippen LogP contribution in [-0.4, -0.2) is 28.0 Å². The van der Waals surface area contributed by atoms with Crippen LogP contribution in [0.4, 0.5) is 0 Å². The molecule has 2 N–H and O–H groups in total. The Bertz CT molecular complexity index is 419. The quantitative estimate of drug-likeness (QED) is 0.819. The van der Waals surface area contributed by atoms with Crippen molar-refractivity contribution in [2.24, 2.45) is 5.92 Å². The molecule has 0 bridgehead atoms. The Hall–Kier alpha value is -1.91. The van der Waals surface area contributed by atoms with E-state index >= 15 is 0 Å². The molecule has 1 aromatic rings. The number of carbonyl (C=O) groups excluding carboxylic acids is 1. The summed E-state index contributed by atoms with van der Waals surface area (Å²) in [6.45, 7) is 0. The van der Waals surface area contributed by atoms with Gasteiger partial charge in [0.15, 0.2) is 0 Å². The molecule has 0 radical (unpaired) electrons. The summed E-state index contributed by atoms with van der Waals surface area (Å²) in [6, 6.07) is 5.08. The highest BCUT2D eigenvalue weighted by atomic mass is 16.4. The van der Waals surface area contributed by atoms with Gasteiger partial charge in [-0.15, -0.1) is 0 Å². The molecule has 1 aromatic heterocycles. The van der Waals surface area contributed by atoms with E-state index in [0.717, 1.165) is 6.42 Å². The molecule has 1 amide bonds. The van der Waals surface area contributed by atoms with Gasteiger partial charge in [-0.1, -0.05) is 6.07 Å². The van der Waals surface area contributed by atoms with Gasteiger partial charge in [0.05, 0.1) is 5.92 Å². The minimum Gasteiger partial charge on any atom is -0.481 e. The molecule has 1 saturated carbocycles. The summed E-state index contributed by atoms with van der Waals surface area (Å²) < 4.78 is 0. The zero-order chi connectivity index (χ0) is 12.3. The molecule has 90 valence electrons. The van der Waals surface area contributed by atoms with Crippen LogP contribution in [0, 0.1) is 5.92 Å². The minimum absolute atomic E-state index is 0.0504. The standard InChI is InChI=1S/C12H14N2O3/c15-11(10-3-1-2-6-13-10)14-9-5-4-8(7-9)12(16)17/h1-3,6,8-9H,4-5,7H2,(H,14,15)(H,16,17)/t8-,9+/m1/s1. The number of aliphatic carboxylic acids is 1. The number of carboxylic acid groups (broad SMARTS) is 1. The van der Waals surface area contributed by atoms with Crippen molar-refractivity contribution in [3.8, 4) is 0 Å². The van der Waals surface area contributed by atoms with Gasteiger partial charge in [0.25, 0.3) is 5.91 Å². The van der Waals surface area contributed by atoms with Crippen LogP contribution in [0.25, 0.3) is 0 Å². The Balaban J connectivity index is 1.91. The van der Waals surface area contributed by atoms with Gasteiger partial charge < -0.3 is 10.4 Å². The topological polar surface area (TPSA) is 79.3 Å². The van der Waals surface area contributed by atoms with E-state index in [2.05, 4.69) is 10.3 Å². The third kappa shape index (κ3) is 2.81. The predicted octanol–water partition coefficient (Wildman–Crippen LogP) is 1.06. The monoisotopic (exact) mass is 234 g/mol. The van der Waals surface area contributed by atoms with Gasteiger partial charge in [0, 0.05) is 12.2 Å². The molecule has 2 atom stereocenters. The molecule has 17 heavy (non-hydrogen) atoms. The van der Waals surface area contributed by atoms with Gasteiger partial charge in [-0.3, -0.25) is 14.6 Å². The number of aromatic nitrogens is 1. The number of nitrogens with zero attached hydrogens (tertiary/aromatic N) is 1. The summed E-state index contributed by atoms with van der Waals surface area (Å²) in [5.41, 5.74) is 0.367. The summed E-state index contributed by atoms with van der Waals surface area (Å²) in [5, 5.41) is 11.7. The second kappa shape index (κ2) is 4.95. The van der Waals surface area contributed by atoms with Crippen molar-refractivity contribution in [3.05, 3.63) is 30.1 Å². The summed E-state index contributed by atoms with van der Waals surface area (Å²) >= 11 is 0. The van der Waals surface area contributed by atoms with Crippen LogP contribution in [0.1, 0.15) is 29.8 Å². The van der Waals surface area contributed by atoms with Crippen LogP contribution in [0.15, 0.2) is 24.4 Å². The molecule has 2 rings (SSSR count). The zero-order valence-electron chi connectivity index (χ0n) is 9.30. The highest BCUT2D eigenvalue weighted by Gasteiger charge is 2.30. The molecule has 1 fully saturated rings. The number of pyridine rings is 1. The first-order chi connectivity index (χ1) is 8.16. The van der Waals surface area contributed by atoms with E-state index in [1.165, 1.54) is 0 Å². The van der Waals surface area contributed by atoms with Crippen molar-refractivity contribution >= 4 is 11.9 Å². The lowest BCUT2D eigenvalue weighted by molar-refractivity contribution is -0.141. The van der Waals surface area contributed by atoms with Crippen LogP contribution in [0.2, 0.25) is 0 Å². The Labute approximate surface area is 98.9 Å². The molecule has 5 heteroatoms.